The van der Waals surface area contributed by atoms with E-state index < -0.39 is 19.3 Å². The van der Waals surface area contributed by atoms with E-state index in [9.17, 15) is 19.1 Å². The minimum Gasteiger partial charge on any atom is -0.324 e. The molecular weight excluding hydrogens is 371 g/mol. The predicted molar refractivity (Wildman–Crippen MR) is 89.0 cm³/mol. The highest BCUT2D eigenvalue weighted by molar-refractivity contribution is 7.50. The lowest BCUT2D eigenvalue weighted by Crippen LogP contribution is -2.12. The molecule has 0 aliphatic rings. The van der Waals surface area contributed by atoms with Crippen molar-refractivity contribution in [1.29, 1.82) is 0 Å². The molecule has 1 aromatic carbocycles. The van der Waals surface area contributed by atoms with Crippen molar-refractivity contribution in [3.05, 3.63) is 52.1 Å². The number of rotatable bonds is 3. The number of H-pyrrole nitrogens is 1. The Labute approximate surface area is 143 Å². The van der Waals surface area contributed by atoms with Crippen molar-refractivity contribution < 1.29 is 14.4 Å². The molecule has 3 N–H and O–H groups in total. The van der Waals surface area contributed by atoms with E-state index in [1.165, 1.54) is 4.40 Å². The molecule has 0 bridgehead atoms. The smallest absolute Gasteiger partial charge is 0.324 e. The first-order chi connectivity index (χ1) is 11.8. The third-order valence-electron chi connectivity index (χ3n) is 3.62. The quantitative estimate of drug-likeness (QED) is 0.452. The fourth-order valence-corrected chi connectivity index (χ4v) is 3.45. The summed E-state index contributed by atoms with van der Waals surface area (Å²) in [7, 11) is -4.39. The van der Waals surface area contributed by atoms with Gasteiger partial charge in [-0.05, 0) is 12.1 Å². The van der Waals surface area contributed by atoms with Crippen molar-refractivity contribution in [2.45, 2.75) is 6.16 Å². The van der Waals surface area contributed by atoms with Gasteiger partial charge in [0.2, 0.25) is 5.65 Å². The summed E-state index contributed by atoms with van der Waals surface area (Å²) in [4.78, 5) is 37.3. The topological polar surface area (TPSA) is 138 Å². The van der Waals surface area contributed by atoms with Gasteiger partial charge in [0.05, 0.1) is 28.1 Å². The maximum atomic E-state index is 12.2. The summed E-state index contributed by atoms with van der Waals surface area (Å²) in [6.45, 7) is 0. The zero-order valence-electron chi connectivity index (χ0n) is 12.4. The molecule has 12 heteroatoms. The molecule has 10 nitrogen and oxygen atoms in total. The summed E-state index contributed by atoms with van der Waals surface area (Å²) in [5.74, 6) is -0.0223. The van der Waals surface area contributed by atoms with Gasteiger partial charge in [-0.25, -0.2) is 4.98 Å². The molecule has 0 fully saturated rings. The predicted octanol–water partition coefficient (Wildman–Crippen LogP) is 1.09. The summed E-state index contributed by atoms with van der Waals surface area (Å²) in [5.41, 5.74) is 0.832. The number of hydrogen-bond acceptors (Lipinski definition) is 5. The number of nitrogens with one attached hydrogen (secondary N) is 1. The number of aromatic nitrogens is 6. The second-order valence-corrected chi connectivity index (χ2v) is 7.40. The molecule has 0 spiro atoms. The van der Waals surface area contributed by atoms with Crippen molar-refractivity contribution in [2.75, 3.05) is 0 Å². The second-order valence-electron chi connectivity index (χ2n) is 5.34. The third kappa shape index (κ3) is 2.75. The van der Waals surface area contributed by atoms with E-state index in [4.69, 9.17) is 11.6 Å². The van der Waals surface area contributed by atoms with Gasteiger partial charge in [0.1, 0.15) is 12.0 Å². The van der Waals surface area contributed by atoms with E-state index in [0.717, 1.165) is 0 Å². The monoisotopic (exact) mass is 380 g/mol. The van der Waals surface area contributed by atoms with Gasteiger partial charge in [-0.3, -0.25) is 13.8 Å². The molecule has 4 rings (SSSR count). The zero-order valence-corrected chi connectivity index (χ0v) is 14.0. The number of nitrogens with zero attached hydrogens (tertiary/aromatic N) is 5. The third-order valence-corrected chi connectivity index (χ3v) is 4.61. The minimum absolute atomic E-state index is 0.0223. The second kappa shape index (κ2) is 5.50. The Hall–Kier alpha value is -2.52. The molecule has 3 heterocycles. The molecule has 128 valence electrons. The highest BCUT2D eigenvalue weighted by Gasteiger charge is 2.22. The Balaban J connectivity index is 2.06. The van der Waals surface area contributed by atoms with E-state index in [-0.39, 0.29) is 11.5 Å². The van der Waals surface area contributed by atoms with Crippen LogP contribution in [0.3, 0.4) is 0 Å². The fraction of sp³-hybridized carbons (Fsp3) is 0.0769. The number of halogens is 1. The number of hydrogen-bond donors (Lipinski definition) is 3. The fourth-order valence-electron chi connectivity index (χ4n) is 2.62. The Morgan fingerprint density at radius 1 is 1.28 bits per heavy atom. The number of aromatic amines is 1. The van der Waals surface area contributed by atoms with Gasteiger partial charge in [0.15, 0.2) is 0 Å². The van der Waals surface area contributed by atoms with Crippen molar-refractivity contribution in [3.8, 4) is 5.69 Å². The van der Waals surface area contributed by atoms with Gasteiger partial charge in [-0.15, -0.1) is 10.2 Å². The van der Waals surface area contributed by atoms with Crippen molar-refractivity contribution in [2.24, 2.45) is 0 Å². The maximum absolute atomic E-state index is 12.2. The average molecular weight is 381 g/mol. The van der Waals surface area contributed by atoms with E-state index in [0.29, 0.717) is 21.7 Å². The summed E-state index contributed by atoms with van der Waals surface area (Å²) in [6.07, 6.45) is 4.20. The molecule has 0 atom stereocenters. The highest BCUT2D eigenvalue weighted by Crippen LogP contribution is 2.38. The Morgan fingerprint density at radius 3 is 2.76 bits per heavy atom. The van der Waals surface area contributed by atoms with Crippen LogP contribution in [-0.4, -0.2) is 38.9 Å². The van der Waals surface area contributed by atoms with Crippen LogP contribution in [0.4, 0.5) is 0 Å². The molecule has 0 unspecified atom stereocenters. The Bertz CT molecular complexity index is 1210. The molecule has 0 aliphatic carbocycles. The van der Waals surface area contributed by atoms with E-state index in [2.05, 4.69) is 20.2 Å². The molecule has 25 heavy (non-hydrogen) atoms. The Morgan fingerprint density at radius 2 is 2.08 bits per heavy atom. The zero-order chi connectivity index (χ0) is 17.8. The average Bonchev–Trinajstić information content (AvgIpc) is 3.16. The molecule has 0 saturated carbocycles. The van der Waals surface area contributed by atoms with Gasteiger partial charge in [-0.2, -0.15) is 0 Å². The first-order valence-corrected chi connectivity index (χ1v) is 9.13. The van der Waals surface area contributed by atoms with E-state index in [1.807, 2.05) is 0 Å². The van der Waals surface area contributed by atoms with Crippen LogP contribution in [0.15, 0.2) is 35.6 Å². The minimum atomic E-state index is -4.39. The summed E-state index contributed by atoms with van der Waals surface area (Å²) in [6, 6.07) is 3.21. The van der Waals surface area contributed by atoms with Gasteiger partial charge in [0.25, 0.3) is 5.56 Å². The summed E-state index contributed by atoms with van der Waals surface area (Å²) in [5, 5.41) is 7.81. The van der Waals surface area contributed by atoms with Crippen LogP contribution < -0.4 is 5.56 Å². The molecule has 0 saturated heterocycles. The number of imidazole rings is 1. The van der Waals surface area contributed by atoms with E-state index >= 15 is 0 Å². The highest BCUT2D eigenvalue weighted by atomic mass is 35.5. The van der Waals surface area contributed by atoms with Crippen molar-refractivity contribution in [3.63, 3.8) is 0 Å². The van der Waals surface area contributed by atoms with Crippen LogP contribution in [-0.2, 0) is 10.7 Å². The van der Waals surface area contributed by atoms with Gasteiger partial charge < -0.3 is 19.3 Å². The standard InChI is InChI=1S/C13H10ClN6O4P/c14-7-3-10-8(4-9(7)19-2-1-15-6-19)16-13(21)12-18-17-11(20(10)12)5-25(22,23)24/h1-4,6H,5H2,(H,16,21)(H2,22,23,24). The van der Waals surface area contributed by atoms with Gasteiger partial charge in [0, 0.05) is 12.4 Å². The van der Waals surface area contributed by atoms with Gasteiger partial charge >= 0.3 is 7.60 Å². The first-order valence-electron chi connectivity index (χ1n) is 6.96. The molecule has 3 aromatic heterocycles. The van der Waals surface area contributed by atoms with Crippen LogP contribution in [0, 0.1) is 0 Å². The number of fused-ring (bicyclic) bond motifs is 3. The maximum Gasteiger partial charge on any atom is 0.333 e. The molecule has 0 aliphatic heterocycles. The van der Waals surface area contributed by atoms with E-state index in [1.54, 1.807) is 35.4 Å². The van der Waals surface area contributed by atoms with Crippen LogP contribution in [0.2, 0.25) is 5.02 Å². The number of benzene rings is 1. The molecule has 0 radical (unpaired) electrons. The lowest BCUT2D eigenvalue weighted by atomic mass is 10.2. The van der Waals surface area contributed by atoms with Gasteiger partial charge in [-0.1, -0.05) is 11.6 Å². The Kier molecular flexibility index (Phi) is 3.51. The molecule has 0 amide bonds. The first kappa shape index (κ1) is 16.0. The lowest BCUT2D eigenvalue weighted by Gasteiger charge is -2.10. The SMILES string of the molecule is O=c1[nH]c2cc(-n3ccnc3)c(Cl)cc2n2c(CP(=O)(O)O)nnc12. The van der Waals surface area contributed by atoms with Crippen LogP contribution >= 0.6 is 19.2 Å². The van der Waals surface area contributed by atoms with Crippen LogP contribution in [0.1, 0.15) is 5.82 Å². The largest absolute Gasteiger partial charge is 0.333 e. The summed E-state index contributed by atoms with van der Waals surface area (Å²) >= 11 is 6.34. The van der Waals surface area contributed by atoms with Crippen molar-refractivity contribution in [1.82, 2.24) is 29.1 Å². The summed E-state index contributed by atoms with van der Waals surface area (Å²) < 4.78 is 14.3. The lowest BCUT2D eigenvalue weighted by molar-refractivity contribution is 0.370. The van der Waals surface area contributed by atoms with Crippen LogP contribution in [0.5, 0.6) is 0 Å². The normalized spacial score (nSPS) is 12.3. The molecular formula is C13H10ClN6O4P. The van der Waals surface area contributed by atoms with Crippen molar-refractivity contribution >= 4 is 35.9 Å². The molecule has 4 aromatic rings. The van der Waals surface area contributed by atoms with Crippen LogP contribution in [0.25, 0.3) is 22.4 Å².